The highest BCUT2D eigenvalue weighted by Gasteiger charge is 2.30. The van der Waals surface area contributed by atoms with Crippen LogP contribution in [0.1, 0.15) is 32.8 Å². The summed E-state index contributed by atoms with van der Waals surface area (Å²) < 4.78 is 0. The topological polar surface area (TPSA) is 41.1 Å². The summed E-state index contributed by atoms with van der Waals surface area (Å²) >= 11 is 0. The van der Waals surface area contributed by atoms with Gasteiger partial charge in [-0.2, -0.15) is 4.98 Å². The molecule has 0 saturated carbocycles. The Morgan fingerprint density at radius 1 is 1.33 bits per heavy atom. The maximum Gasteiger partial charge on any atom is 0.224 e. The van der Waals surface area contributed by atoms with Gasteiger partial charge in [0.05, 0.1) is 0 Å². The molecule has 0 radical (unpaired) electrons. The predicted molar refractivity (Wildman–Crippen MR) is 76.1 cm³/mol. The lowest BCUT2D eigenvalue weighted by atomic mass is 9.86. The van der Waals surface area contributed by atoms with Crippen LogP contribution >= 0.6 is 0 Å². The Bertz CT molecular complexity index is 418. The lowest BCUT2D eigenvalue weighted by molar-refractivity contribution is 0.295. The first-order valence-electron chi connectivity index (χ1n) is 6.81. The molecule has 3 unspecified atom stereocenters. The van der Waals surface area contributed by atoms with Gasteiger partial charge in [-0.15, -0.1) is 0 Å². The molecule has 1 aliphatic rings. The zero-order chi connectivity index (χ0) is 13.3. The van der Waals surface area contributed by atoms with Crippen molar-refractivity contribution in [1.29, 1.82) is 0 Å². The minimum atomic E-state index is 0.541. The summed E-state index contributed by atoms with van der Waals surface area (Å²) in [5, 5.41) is 3.02. The Hall–Kier alpha value is -1.32. The van der Waals surface area contributed by atoms with Gasteiger partial charge in [0.15, 0.2) is 0 Å². The average molecular weight is 248 g/mol. The highest BCUT2D eigenvalue weighted by atomic mass is 15.3. The molecule has 1 saturated heterocycles. The standard InChI is InChI=1S/C14H24N4/c1-9-6-10(2)12(4)18(8-9)13-11(3)7-16-14(15-5)17-13/h7,9-10,12H,6,8H2,1-5H3,(H,15,16,17). The third-order valence-corrected chi connectivity index (χ3v) is 4.04. The first kappa shape index (κ1) is 13.1. The Morgan fingerprint density at radius 3 is 2.72 bits per heavy atom. The molecular weight excluding hydrogens is 224 g/mol. The van der Waals surface area contributed by atoms with Crippen molar-refractivity contribution in [2.45, 2.75) is 40.2 Å². The average Bonchev–Trinajstić information content (AvgIpc) is 2.34. The minimum absolute atomic E-state index is 0.541. The Balaban J connectivity index is 2.34. The van der Waals surface area contributed by atoms with Crippen LogP contribution in [-0.4, -0.2) is 29.6 Å². The second-order valence-corrected chi connectivity index (χ2v) is 5.66. The van der Waals surface area contributed by atoms with E-state index in [1.165, 1.54) is 6.42 Å². The van der Waals surface area contributed by atoms with Gasteiger partial charge in [-0.05, 0) is 32.1 Å². The molecule has 1 aromatic rings. The molecule has 0 spiro atoms. The molecule has 4 nitrogen and oxygen atoms in total. The first-order valence-corrected chi connectivity index (χ1v) is 6.81. The third-order valence-electron chi connectivity index (χ3n) is 4.04. The maximum absolute atomic E-state index is 4.64. The van der Waals surface area contributed by atoms with Crippen LogP contribution in [0.5, 0.6) is 0 Å². The van der Waals surface area contributed by atoms with Crippen molar-refractivity contribution < 1.29 is 0 Å². The summed E-state index contributed by atoms with van der Waals surface area (Å²) in [6.07, 6.45) is 3.21. The van der Waals surface area contributed by atoms with Gasteiger partial charge < -0.3 is 10.2 Å². The summed E-state index contributed by atoms with van der Waals surface area (Å²) in [7, 11) is 1.86. The van der Waals surface area contributed by atoms with E-state index in [1.54, 1.807) is 0 Å². The van der Waals surface area contributed by atoms with Crippen molar-refractivity contribution in [2.24, 2.45) is 11.8 Å². The molecule has 1 aliphatic heterocycles. The molecule has 0 aromatic carbocycles. The van der Waals surface area contributed by atoms with Crippen molar-refractivity contribution >= 4 is 11.8 Å². The first-order chi connectivity index (χ1) is 8.52. The minimum Gasteiger partial charge on any atom is -0.357 e. The fourth-order valence-electron chi connectivity index (χ4n) is 2.84. The maximum atomic E-state index is 4.64. The van der Waals surface area contributed by atoms with Gasteiger partial charge in [-0.1, -0.05) is 13.8 Å². The molecule has 0 aliphatic carbocycles. The molecule has 0 amide bonds. The molecule has 4 heteroatoms. The zero-order valence-corrected chi connectivity index (χ0v) is 12.1. The second-order valence-electron chi connectivity index (χ2n) is 5.66. The largest absolute Gasteiger partial charge is 0.357 e. The number of aromatic nitrogens is 2. The molecule has 3 atom stereocenters. The molecule has 1 fully saturated rings. The summed E-state index contributed by atoms with van der Waals surface area (Å²) in [5.41, 5.74) is 1.15. The predicted octanol–water partition coefficient (Wildman–Crippen LogP) is 2.70. The van der Waals surface area contributed by atoms with Crippen LogP contribution in [0.3, 0.4) is 0 Å². The monoisotopic (exact) mass is 248 g/mol. The quantitative estimate of drug-likeness (QED) is 0.873. The highest BCUT2D eigenvalue weighted by molar-refractivity contribution is 5.50. The van der Waals surface area contributed by atoms with Gasteiger partial charge in [-0.3, -0.25) is 0 Å². The normalized spacial score (nSPS) is 28.3. The fraction of sp³-hybridized carbons (Fsp3) is 0.714. The van der Waals surface area contributed by atoms with Crippen LogP contribution in [0.25, 0.3) is 0 Å². The Labute approximate surface area is 110 Å². The molecule has 0 bridgehead atoms. The molecule has 18 heavy (non-hydrogen) atoms. The number of nitrogens with one attached hydrogen (secondary N) is 1. The van der Waals surface area contributed by atoms with Crippen molar-refractivity contribution in [2.75, 3.05) is 23.8 Å². The van der Waals surface area contributed by atoms with E-state index in [4.69, 9.17) is 0 Å². The fourth-order valence-corrected chi connectivity index (χ4v) is 2.84. The van der Waals surface area contributed by atoms with E-state index >= 15 is 0 Å². The van der Waals surface area contributed by atoms with Crippen LogP contribution in [-0.2, 0) is 0 Å². The number of anilines is 2. The Morgan fingerprint density at radius 2 is 2.06 bits per heavy atom. The molecule has 1 N–H and O–H groups in total. The molecular formula is C14H24N4. The van der Waals surface area contributed by atoms with Crippen LogP contribution in [0.2, 0.25) is 0 Å². The summed E-state index contributed by atoms with van der Waals surface area (Å²) in [6.45, 7) is 10.1. The van der Waals surface area contributed by atoms with E-state index in [2.05, 4.69) is 47.9 Å². The van der Waals surface area contributed by atoms with Crippen molar-refractivity contribution in [3.63, 3.8) is 0 Å². The van der Waals surface area contributed by atoms with Crippen LogP contribution in [0, 0.1) is 18.8 Å². The van der Waals surface area contributed by atoms with Gasteiger partial charge in [-0.25, -0.2) is 4.98 Å². The number of aryl methyl sites for hydroxylation is 1. The molecule has 2 heterocycles. The molecule has 2 rings (SSSR count). The summed E-state index contributed by atoms with van der Waals surface area (Å²) in [5.74, 6) is 3.22. The van der Waals surface area contributed by atoms with Crippen LogP contribution < -0.4 is 10.2 Å². The zero-order valence-electron chi connectivity index (χ0n) is 12.1. The third kappa shape index (κ3) is 2.42. The number of piperidine rings is 1. The van der Waals surface area contributed by atoms with Gasteiger partial charge in [0, 0.05) is 31.4 Å². The van der Waals surface area contributed by atoms with Crippen LogP contribution in [0.4, 0.5) is 11.8 Å². The van der Waals surface area contributed by atoms with Crippen LogP contribution in [0.15, 0.2) is 6.20 Å². The lowest BCUT2D eigenvalue weighted by Gasteiger charge is -2.42. The van der Waals surface area contributed by atoms with Crippen molar-refractivity contribution in [3.05, 3.63) is 11.8 Å². The van der Waals surface area contributed by atoms with Gasteiger partial charge in [0.1, 0.15) is 5.82 Å². The Kier molecular flexibility index (Phi) is 3.73. The number of rotatable bonds is 2. The van der Waals surface area contributed by atoms with E-state index in [-0.39, 0.29) is 0 Å². The number of hydrogen-bond donors (Lipinski definition) is 1. The van der Waals surface area contributed by atoms with Crippen molar-refractivity contribution in [1.82, 2.24) is 9.97 Å². The highest BCUT2D eigenvalue weighted by Crippen LogP contribution is 2.31. The van der Waals surface area contributed by atoms with Crippen molar-refractivity contribution in [3.8, 4) is 0 Å². The number of nitrogens with zero attached hydrogens (tertiary/aromatic N) is 3. The van der Waals surface area contributed by atoms with E-state index in [1.807, 2.05) is 13.2 Å². The summed E-state index contributed by atoms with van der Waals surface area (Å²) in [4.78, 5) is 11.3. The number of hydrogen-bond acceptors (Lipinski definition) is 4. The molecule has 1 aromatic heterocycles. The molecule has 100 valence electrons. The van der Waals surface area contributed by atoms with E-state index in [0.29, 0.717) is 17.9 Å². The summed E-state index contributed by atoms with van der Waals surface area (Å²) in [6, 6.07) is 0.541. The smallest absolute Gasteiger partial charge is 0.224 e. The van der Waals surface area contributed by atoms with E-state index in [9.17, 15) is 0 Å². The second kappa shape index (κ2) is 5.12. The van der Waals surface area contributed by atoms with E-state index in [0.717, 1.165) is 23.8 Å². The van der Waals surface area contributed by atoms with Gasteiger partial charge in [0.2, 0.25) is 5.95 Å². The SMILES string of the molecule is CNc1ncc(C)c(N2CC(C)CC(C)C2C)n1. The lowest BCUT2D eigenvalue weighted by Crippen LogP contribution is -2.46. The van der Waals surface area contributed by atoms with Gasteiger partial charge in [0.25, 0.3) is 0 Å². The van der Waals surface area contributed by atoms with Gasteiger partial charge >= 0.3 is 0 Å². The van der Waals surface area contributed by atoms with E-state index < -0.39 is 0 Å².